The molecule has 0 fully saturated rings. The summed E-state index contributed by atoms with van der Waals surface area (Å²) in [6.07, 6.45) is 1.62. The number of H-pyrrole nitrogens is 1. The number of Topliss-reactive ketones (excluding diaryl/α,β-unsaturated/α-hetero) is 1. The van der Waals surface area contributed by atoms with Gasteiger partial charge in [-0.05, 0) is 31.2 Å². The number of rotatable bonds is 6. The third kappa shape index (κ3) is 4.19. The molecule has 0 saturated heterocycles. The quantitative estimate of drug-likeness (QED) is 0.619. The minimum absolute atomic E-state index is 0.159. The molecule has 1 amide bonds. The van der Waals surface area contributed by atoms with Gasteiger partial charge in [-0.15, -0.1) is 0 Å². The van der Waals surface area contributed by atoms with Crippen molar-refractivity contribution in [2.45, 2.75) is 19.9 Å². The lowest BCUT2D eigenvalue weighted by Crippen LogP contribution is -2.30. The zero-order valence-corrected chi connectivity index (χ0v) is 15.5. The van der Waals surface area contributed by atoms with Crippen LogP contribution in [0.5, 0.6) is 0 Å². The molecule has 0 radical (unpaired) electrons. The van der Waals surface area contributed by atoms with E-state index < -0.39 is 23.1 Å². The van der Waals surface area contributed by atoms with E-state index in [9.17, 15) is 18.4 Å². The Balaban J connectivity index is 1.68. The lowest BCUT2D eigenvalue weighted by Gasteiger charge is -2.13. The topological polar surface area (TPSA) is 116 Å². The van der Waals surface area contributed by atoms with Gasteiger partial charge in [0.2, 0.25) is 0 Å². The van der Waals surface area contributed by atoms with E-state index in [0.717, 1.165) is 12.1 Å². The number of carbonyl (C=O) groups excluding carboxylic acids is 2. The summed E-state index contributed by atoms with van der Waals surface area (Å²) in [5.74, 6) is -2.60. The van der Waals surface area contributed by atoms with Crippen molar-refractivity contribution in [3.63, 3.8) is 0 Å². The second kappa shape index (κ2) is 8.02. The Kier molecular flexibility index (Phi) is 5.50. The van der Waals surface area contributed by atoms with Gasteiger partial charge in [0.1, 0.15) is 34.7 Å². The average Bonchev–Trinajstić information content (AvgIpc) is 3.35. The highest BCUT2D eigenvalue weighted by atomic mass is 19.1. The van der Waals surface area contributed by atoms with Crippen molar-refractivity contribution in [1.82, 2.24) is 25.3 Å². The molecule has 1 atom stereocenters. The van der Waals surface area contributed by atoms with Gasteiger partial charge in [-0.25, -0.2) is 8.78 Å². The number of ketones is 1. The van der Waals surface area contributed by atoms with Gasteiger partial charge in [0, 0.05) is 25.2 Å². The fraction of sp³-hybridized carbons (Fsp3) is 0.211. The number of hydrogen-bond donors (Lipinski definition) is 2. The number of aromatic nitrogens is 4. The van der Waals surface area contributed by atoms with E-state index >= 15 is 0 Å². The fourth-order valence-corrected chi connectivity index (χ4v) is 2.61. The molecule has 0 spiro atoms. The number of nitrogens with one attached hydrogen (secondary N) is 2. The van der Waals surface area contributed by atoms with Crippen molar-refractivity contribution in [3.8, 4) is 17.3 Å². The summed E-state index contributed by atoms with van der Waals surface area (Å²) in [7, 11) is 0. The highest BCUT2D eigenvalue weighted by Crippen LogP contribution is 2.23. The molecule has 10 heteroatoms. The second-order valence-corrected chi connectivity index (χ2v) is 6.39. The van der Waals surface area contributed by atoms with E-state index in [4.69, 9.17) is 5.26 Å². The number of benzene rings is 1. The molecule has 0 aliphatic rings. The summed E-state index contributed by atoms with van der Waals surface area (Å²) < 4.78 is 29.2. The van der Waals surface area contributed by atoms with Gasteiger partial charge in [-0.2, -0.15) is 15.5 Å². The number of nitrogens with zero attached hydrogens (tertiary/aromatic N) is 4. The maximum absolute atomic E-state index is 13.8. The maximum Gasteiger partial charge on any atom is 0.269 e. The second-order valence-electron chi connectivity index (χ2n) is 6.39. The number of aromatic amines is 1. The van der Waals surface area contributed by atoms with E-state index in [1.807, 2.05) is 0 Å². The zero-order valence-electron chi connectivity index (χ0n) is 15.5. The first-order chi connectivity index (χ1) is 13.8. The first kappa shape index (κ1) is 19.9. The molecule has 0 bridgehead atoms. The molecule has 1 aromatic carbocycles. The molecule has 0 aliphatic heterocycles. The first-order valence-corrected chi connectivity index (χ1v) is 8.59. The highest BCUT2D eigenvalue weighted by molar-refractivity contribution is 5.97. The van der Waals surface area contributed by atoms with Crippen LogP contribution < -0.4 is 5.32 Å². The number of amides is 1. The maximum atomic E-state index is 13.8. The lowest BCUT2D eigenvalue weighted by atomic mass is 10.1. The summed E-state index contributed by atoms with van der Waals surface area (Å²) in [6.45, 7) is 3.36. The molecule has 0 aliphatic carbocycles. The third-order valence-corrected chi connectivity index (χ3v) is 4.25. The fourth-order valence-electron chi connectivity index (χ4n) is 2.61. The SMILES string of the molecule is CC(=O)c1cc(C(=O)NC[C@H](C)n2ccc(-c3cc(F)c(C#N)c(F)c3)n2)[nH]n1. The smallest absolute Gasteiger partial charge is 0.269 e. The third-order valence-electron chi connectivity index (χ3n) is 4.25. The van der Waals surface area contributed by atoms with Gasteiger partial charge >= 0.3 is 0 Å². The van der Waals surface area contributed by atoms with Crippen LogP contribution in [-0.4, -0.2) is 38.2 Å². The van der Waals surface area contributed by atoms with Crippen LogP contribution in [0.1, 0.15) is 46.4 Å². The Morgan fingerprint density at radius 2 is 2.00 bits per heavy atom. The Labute approximate surface area is 164 Å². The van der Waals surface area contributed by atoms with Crippen molar-refractivity contribution in [3.05, 3.63) is 59.0 Å². The van der Waals surface area contributed by atoms with Crippen LogP contribution in [0.4, 0.5) is 8.78 Å². The Hall–Kier alpha value is -3.87. The van der Waals surface area contributed by atoms with E-state index in [2.05, 4.69) is 20.6 Å². The van der Waals surface area contributed by atoms with Crippen LogP contribution in [0.15, 0.2) is 30.5 Å². The molecule has 148 valence electrons. The monoisotopic (exact) mass is 398 g/mol. The van der Waals surface area contributed by atoms with Crippen molar-refractivity contribution in [2.24, 2.45) is 0 Å². The van der Waals surface area contributed by atoms with E-state index in [0.29, 0.717) is 5.69 Å². The molecule has 2 aromatic heterocycles. The predicted molar refractivity (Wildman–Crippen MR) is 97.9 cm³/mol. The van der Waals surface area contributed by atoms with Gasteiger partial charge in [0.15, 0.2) is 5.78 Å². The average molecular weight is 398 g/mol. The van der Waals surface area contributed by atoms with Crippen LogP contribution in [-0.2, 0) is 0 Å². The standard InChI is InChI=1S/C19H16F2N6O2/c1-10(9-23-19(29)18-7-17(11(2)28)24-25-18)27-4-3-16(26-27)12-5-14(20)13(8-22)15(21)6-12/h3-7,10H,9H2,1-2H3,(H,23,29)(H,24,25)/t10-/m0/s1. The minimum atomic E-state index is -0.957. The summed E-state index contributed by atoms with van der Waals surface area (Å²) in [6, 6.07) is 6.24. The van der Waals surface area contributed by atoms with E-state index in [1.165, 1.54) is 23.7 Å². The van der Waals surface area contributed by atoms with Crippen LogP contribution in [0.3, 0.4) is 0 Å². The van der Waals surface area contributed by atoms with Crippen molar-refractivity contribution in [1.29, 1.82) is 5.26 Å². The number of halogens is 2. The van der Waals surface area contributed by atoms with Crippen molar-refractivity contribution >= 4 is 11.7 Å². The summed E-state index contributed by atoms with van der Waals surface area (Å²) in [5.41, 5.74) is 0.207. The van der Waals surface area contributed by atoms with Crippen LogP contribution >= 0.6 is 0 Å². The molecule has 29 heavy (non-hydrogen) atoms. The highest BCUT2D eigenvalue weighted by Gasteiger charge is 2.16. The normalized spacial score (nSPS) is 11.7. The number of nitriles is 1. The Bertz CT molecular complexity index is 1100. The number of carbonyl (C=O) groups is 2. The van der Waals surface area contributed by atoms with Crippen LogP contribution in [0.2, 0.25) is 0 Å². The molecule has 0 saturated carbocycles. The van der Waals surface area contributed by atoms with Crippen LogP contribution in [0.25, 0.3) is 11.3 Å². The summed E-state index contributed by atoms with van der Waals surface area (Å²) in [4.78, 5) is 23.4. The lowest BCUT2D eigenvalue weighted by molar-refractivity contribution is 0.0942. The molecule has 2 heterocycles. The van der Waals surface area contributed by atoms with E-state index in [1.54, 1.807) is 19.2 Å². The molecular weight excluding hydrogens is 382 g/mol. The van der Waals surface area contributed by atoms with Gasteiger partial charge < -0.3 is 5.32 Å². The molecule has 3 aromatic rings. The summed E-state index contributed by atoms with van der Waals surface area (Å²) >= 11 is 0. The molecule has 8 nitrogen and oxygen atoms in total. The van der Waals surface area contributed by atoms with Crippen molar-refractivity contribution in [2.75, 3.05) is 6.54 Å². The predicted octanol–water partition coefficient (Wildman–Crippen LogP) is 2.62. The molecule has 3 rings (SSSR count). The molecule has 0 unspecified atom stereocenters. The van der Waals surface area contributed by atoms with Gasteiger partial charge in [0.25, 0.3) is 5.91 Å². The number of hydrogen-bond acceptors (Lipinski definition) is 5. The molecule has 2 N–H and O–H groups in total. The van der Waals surface area contributed by atoms with E-state index in [-0.39, 0.29) is 35.3 Å². The largest absolute Gasteiger partial charge is 0.349 e. The van der Waals surface area contributed by atoms with Gasteiger partial charge in [-0.3, -0.25) is 19.4 Å². The summed E-state index contributed by atoms with van der Waals surface area (Å²) in [5, 5.41) is 22.0. The van der Waals surface area contributed by atoms with Crippen LogP contribution in [0, 0.1) is 23.0 Å². The zero-order chi connectivity index (χ0) is 21.1. The first-order valence-electron chi connectivity index (χ1n) is 8.59. The Morgan fingerprint density at radius 3 is 2.59 bits per heavy atom. The van der Waals surface area contributed by atoms with Gasteiger partial charge in [-0.1, -0.05) is 0 Å². The molecular formula is C19H16F2N6O2. The Morgan fingerprint density at radius 1 is 1.31 bits per heavy atom. The van der Waals surface area contributed by atoms with Gasteiger partial charge in [0.05, 0.1) is 11.7 Å². The minimum Gasteiger partial charge on any atom is -0.349 e. The van der Waals surface area contributed by atoms with Crippen molar-refractivity contribution < 1.29 is 18.4 Å².